The fourth-order valence-electron chi connectivity index (χ4n) is 4.91. The van der Waals surface area contributed by atoms with E-state index in [4.69, 9.17) is 9.15 Å². The fraction of sp³-hybridized carbons (Fsp3) is 0.259. The lowest BCUT2D eigenvalue weighted by Gasteiger charge is -2.23. The maximum Gasteiger partial charge on any atom is 0.205 e. The average molecular weight is 396 g/mol. The smallest absolute Gasteiger partial charge is 0.205 e. The summed E-state index contributed by atoms with van der Waals surface area (Å²) in [5.41, 5.74) is 5.81. The van der Waals surface area contributed by atoms with Crippen molar-refractivity contribution in [3.8, 4) is 0 Å². The van der Waals surface area contributed by atoms with Crippen LogP contribution in [0.5, 0.6) is 0 Å². The highest BCUT2D eigenvalue weighted by Gasteiger charge is 2.58. The molecule has 0 amide bonds. The Kier molecular flexibility index (Phi) is 4.00. The average Bonchev–Trinajstić information content (AvgIpc) is 3.09. The zero-order valence-electron chi connectivity index (χ0n) is 17.2. The van der Waals surface area contributed by atoms with E-state index in [1.54, 1.807) is 0 Å². The summed E-state index contributed by atoms with van der Waals surface area (Å²) < 4.78 is 12.2. The van der Waals surface area contributed by atoms with Gasteiger partial charge in [0.1, 0.15) is 5.58 Å². The summed E-state index contributed by atoms with van der Waals surface area (Å²) in [6.07, 6.45) is 5.25. The van der Waals surface area contributed by atoms with E-state index in [0.717, 1.165) is 34.6 Å². The van der Waals surface area contributed by atoms with Gasteiger partial charge in [-0.05, 0) is 62.1 Å². The standard InChI is InChI=1S/C27H25NO2/c1-19-8-12-22(13-9-19)28(26-17-21-5-2-3-6-24(21)29-26)23-14-10-20(11-15-23)18-27-16-4-7-25(27)30-27/h2-3,5-6,8-15,17,25H,4,7,16,18H2,1H3. The van der Waals surface area contributed by atoms with Crippen LogP contribution in [0.15, 0.2) is 83.3 Å². The predicted octanol–water partition coefficient (Wildman–Crippen LogP) is 7.08. The first kappa shape index (κ1) is 17.8. The summed E-state index contributed by atoms with van der Waals surface area (Å²) in [5.74, 6) is 0.827. The number of benzene rings is 3. The minimum absolute atomic E-state index is 0.136. The first-order valence-electron chi connectivity index (χ1n) is 10.8. The van der Waals surface area contributed by atoms with Crippen molar-refractivity contribution in [2.75, 3.05) is 4.90 Å². The van der Waals surface area contributed by atoms with Crippen LogP contribution in [0.2, 0.25) is 0 Å². The molecular formula is C27H25NO2. The Labute approximate surface area is 176 Å². The molecule has 0 spiro atoms. The van der Waals surface area contributed by atoms with Crippen molar-refractivity contribution in [2.24, 2.45) is 0 Å². The molecule has 0 bridgehead atoms. The first-order valence-corrected chi connectivity index (χ1v) is 10.8. The van der Waals surface area contributed by atoms with Crippen molar-refractivity contribution < 1.29 is 9.15 Å². The number of anilines is 3. The lowest BCUT2D eigenvalue weighted by Crippen LogP contribution is -2.14. The summed E-state index contributed by atoms with van der Waals surface area (Å²) in [7, 11) is 0. The molecule has 2 atom stereocenters. The molecule has 30 heavy (non-hydrogen) atoms. The maximum absolute atomic E-state index is 6.24. The van der Waals surface area contributed by atoms with Crippen molar-refractivity contribution in [3.63, 3.8) is 0 Å². The predicted molar refractivity (Wildman–Crippen MR) is 121 cm³/mol. The monoisotopic (exact) mass is 395 g/mol. The lowest BCUT2D eigenvalue weighted by molar-refractivity contribution is 0.250. The van der Waals surface area contributed by atoms with Crippen LogP contribution in [0.3, 0.4) is 0 Å². The third kappa shape index (κ3) is 3.01. The number of hydrogen-bond donors (Lipinski definition) is 0. The molecule has 2 fully saturated rings. The van der Waals surface area contributed by atoms with Gasteiger partial charge >= 0.3 is 0 Å². The molecule has 6 rings (SSSR count). The van der Waals surface area contributed by atoms with Gasteiger partial charge in [0.15, 0.2) is 0 Å². The molecule has 1 saturated carbocycles. The van der Waals surface area contributed by atoms with Gasteiger partial charge in [0, 0.05) is 29.2 Å². The highest BCUT2D eigenvalue weighted by molar-refractivity contribution is 5.85. The van der Waals surface area contributed by atoms with Crippen LogP contribution in [0.4, 0.5) is 17.3 Å². The normalized spacial score (nSPS) is 22.2. The van der Waals surface area contributed by atoms with E-state index in [0.29, 0.717) is 6.10 Å². The van der Waals surface area contributed by atoms with Crippen molar-refractivity contribution in [2.45, 2.75) is 44.3 Å². The molecule has 3 aromatic carbocycles. The summed E-state index contributed by atoms with van der Waals surface area (Å²) in [6, 6.07) is 27.7. The van der Waals surface area contributed by atoms with Crippen molar-refractivity contribution in [1.29, 1.82) is 0 Å². The summed E-state index contributed by atoms with van der Waals surface area (Å²) >= 11 is 0. The van der Waals surface area contributed by atoms with Gasteiger partial charge in [-0.1, -0.05) is 48.0 Å². The molecule has 4 aromatic rings. The van der Waals surface area contributed by atoms with Gasteiger partial charge in [-0.25, -0.2) is 0 Å². The molecule has 0 radical (unpaired) electrons. The highest BCUT2D eigenvalue weighted by Crippen LogP contribution is 2.51. The van der Waals surface area contributed by atoms with Crippen LogP contribution >= 0.6 is 0 Å². The first-order chi connectivity index (χ1) is 14.7. The van der Waals surface area contributed by atoms with Crippen LogP contribution < -0.4 is 4.90 Å². The number of hydrogen-bond acceptors (Lipinski definition) is 3. The molecule has 2 aliphatic rings. The molecule has 1 aliphatic heterocycles. The second-order valence-corrected chi connectivity index (χ2v) is 8.70. The van der Waals surface area contributed by atoms with Crippen molar-refractivity contribution in [3.05, 3.63) is 90.0 Å². The Bertz CT molecular complexity index is 1160. The summed E-state index contributed by atoms with van der Waals surface area (Å²) in [4.78, 5) is 2.19. The molecule has 1 saturated heterocycles. The number of epoxide rings is 1. The minimum atomic E-state index is 0.136. The van der Waals surface area contributed by atoms with Gasteiger partial charge in [0.25, 0.3) is 0 Å². The number of furan rings is 1. The largest absolute Gasteiger partial charge is 0.440 e. The van der Waals surface area contributed by atoms with Crippen LogP contribution in [-0.4, -0.2) is 11.7 Å². The van der Waals surface area contributed by atoms with Gasteiger partial charge in [-0.15, -0.1) is 0 Å². The van der Waals surface area contributed by atoms with Gasteiger partial charge in [-0.2, -0.15) is 0 Å². The highest BCUT2D eigenvalue weighted by atomic mass is 16.6. The van der Waals surface area contributed by atoms with E-state index < -0.39 is 0 Å². The minimum Gasteiger partial charge on any atom is -0.440 e. The summed E-state index contributed by atoms with van der Waals surface area (Å²) in [6.45, 7) is 2.11. The van der Waals surface area contributed by atoms with Gasteiger partial charge in [0.2, 0.25) is 5.88 Å². The van der Waals surface area contributed by atoms with E-state index in [1.165, 1.54) is 30.4 Å². The summed E-state index contributed by atoms with van der Waals surface area (Å²) in [5, 5.41) is 1.11. The van der Waals surface area contributed by atoms with E-state index >= 15 is 0 Å². The second kappa shape index (κ2) is 6.75. The molecule has 1 aromatic heterocycles. The van der Waals surface area contributed by atoms with E-state index in [2.05, 4.69) is 72.5 Å². The van der Waals surface area contributed by atoms with Crippen molar-refractivity contribution in [1.82, 2.24) is 0 Å². The topological polar surface area (TPSA) is 28.9 Å². The Morgan fingerprint density at radius 3 is 2.33 bits per heavy atom. The molecule has 1 aliphatic carbocycles. The van der Waals surface area contributed by atoms with Gasteiger partial charge in [0.05, 0.1) is 11.7 Å². The number of nitrogens with zero attached hydrogens (tertiary/aromatic N) is 1. The molecule has 0 N–H and O–H groups in total. The number of para-hydroxylation sites is 1. The number of rotatable bonds is 5. The number of ether oxygens (including phenoxy) is 1. The van der Waals surface area contributed by atoms with E-state index in [-0.39, 0.29) is 5.60 Å². The number of fused-ring (bicyclic) bond motifs is 2. The Balaban J connectivity index is 1.37. The van der Waals surface area contributed by atoms with E-state index in [1.807, 2.05) is 18.2 Å². The third-order valence-corrected chi connectivity index (χ3v) is 6.60. The molecule has 2 unspecified atom stereocenters. The van der Waals surface area contributed by atoms with Crippen molar-refractivity contribution >= 4 is 28.2 Å². The van der Waals surface area contributed by atoms with E-state index in [9.17, 15) is 0 Å². The molecule has 150 valence electrons. The Morgan fingerprint density at radius 2 is 1.67 bits per heavy atom. The molecule has 2 heterocycles. The number of aryl methyl sites for hydroxylation is 1. The Morgan fingerprint density at radius 1 is 0.933 bits per heavy atom. The maximum atomic E-state index is 6.24. The quantitative estimate of drug-likeness (QED) is 0.338. The van der Waals surface area contributed by atoms with Crippen LogP contribution in [0, 0.1) is 6.92 Å². The molecule has 3 heteroatoms. The SMILES string of the molecule is Cc1ccc(N(c2ccc(CC34CCCC3O4)cc2)c2cc3ccccc3o2)cc1. The zero-order chi connectivity index (χ0) is 20.1. The van der Waals surface area contributed by atoms with Gasteiger partial charge < -0.3 is 9.15 Å². The van der Waals surface area contributed by atoms with Crippen LogP contribution in [0.25, 0.3) is 11.0 Å². The second-order valence-electron chi connectivity index (χ2n) is 8.70. The fourth-order valence-corrected chi connectivity index (χ4v) is 4.91. The zero-order valence-corrected chi connectivity index (χ0v) is 17.2. The van der Waals surface area contributed by atoms with Crippen LogP contribution in [-0.2, 0) is 11.2 Å². The van der Waals surface area contributed by atoms with Gasteiger partial charge in [-0.3, -0.25) is 4.90 Å². The molecular weight excluding hydrogens is 370 g/mol. The third-order valence-electron chi connectivity index (χ3n) is 6.60. The molecule has 3 nitrogen and oxygen atoms in total. The lowest BCUT2D eigenvalue weighted by atomic mass is 9.97. The Hall–Kier alpha value is -3.04. The van der Waals surface area contributed by atoms with Crippen LogP contribution in [0.1, 0.15) is 30.4 Å².